The number of nitrogen functional groups attached to an aromatic ring is 1. The van der Waals surface area contributed by atoms with E-state index in [1.54, 1.807) is 29.7 Å². The molecule has 0 spiro atoms. The molecule has 0 radical (unpaired) electrons. The number of ether oxygens (including phenoxy) is 1. The van der Waals surface area contributed by atoms with E-state index in [2.05, 4.69) is 10.3 Å². The van der Waals surface area contributed by atoms with E-state index in [9.17, 15) is 4.79 Å². The molecule has 2 aromatic rings. The van der Waals surface area contributed by atoms with Gasteiger partial charge in [-0.1, -0.05) is 6.07 Å². The molecule has 5 nitrogen and oxygen atoms in total. The number of thiazole rings is 1. The SMILES string of the molecule is Cc1cnc(CNC(=O)CCOc2cccc(N)c2)s1. The molecule has 6 heteroatoms. The van der Waals surface area contributed by atoms with Gasteiger partial charge < -0.3 is 15.8 Å². The van der Waals surface area contributed by atoms with Gasteiger partial charge in [0.05, 0.1) is 19.6 Å². The molecular weight excluding hydrogens is 274 g/mol. The number of aromatic nitrogens is 1. The first-order valence-corrected chi connectivity index (χ1v) is 7.11. The first kappa shape index (κ1) is 14.3. The largest absolute Gasteiger partial charge is 0.493 e. The second-order valence-corrected chi connectivity index (χ2v) is 5.63. The second-order valence-electron chi connectivity index (χ2n) is 4.31. The number of carbonyl (C=O) groups excluding carboxylic acids is 1. The lowest BCUT2D eigenvalue weighted by Crippen LogP contribution is -2.24. The summed E-state index contributed by atoms with van der Waals surface area (Å²) in [6.45, 7) is 2.78. The summed E-state index contributed by atoms with van der Waals surface area (Å²) in [6, 6.07) is 7.15. The van der Waals surface area contributed by atoms with Crippen LogP contribution in [0.15, 0.2) is 30.5 Å². The number of aryl methyl sites for hydroxylation is 1. The van der Waals surface area contributed by atoms with E-state index in [1.165, 1.54) is 0 Å². The van der Waals surface area contributed by atoms with Gasteiger partial charge in [-0.2, -0.15) is 0 Å². The molecule has 3 N–H and O–H groups in total. The molecule has 1 heterocycles. The fourth-order valence-corrected chi connectivity index (χ4v) is 2.34. The van der Waals surface area contributed by atoms with Crippen LogP contribution in [0.3, 0.4) is 0 Å². The van der Waals surface area contributed by atoms with Crippen molar-refractivity contribution < 1.29 is 9.53 Å². The Morgan fingerprint density at radius 1 is 1.50 bits per heavy atom. The van der Waals surface area contributed by atoms with Gasteiger partial charge in [-0.25, -0.2) is 4.98 Å². The van der Waals surface area contributed by atoms with Crippen molar-refractivity contribution in [3.63, 3.8) is 0 Å². The highest BCUT2D eigenvalue weighted by Crippen LogP contribution is 2.14. The van der Waals surface area contributed by atoms with Gasteiger partial charge in [0, 0.05) is 22.8 Å². The van der Waals surface area contributed by atoms with Crippen LogP contribution >= 0.6 is 11.3 Å². The molecule has 0 unspecified atom stereocenters. The lowest BCUT2D eigenvalue weighted by Gasteiger charge is -2.07. The van der Waals surface area contributed by atoms with Crippen LogP contribution in [-0.2, 0) is 11.3 Å². The molecule has 0 aliphatic heterocycles. The fourth-order valence-electron chi connectivity index (χ4n) is 1.61. The van der Waals surface area contributed by atoms with Gasteiger partial charge in [-0.05, 0) is 19.1 Å². The summed E-state index contributed by atoms with van der Waals surface area (Å²) < 4.78 is 5.46. The second kappa shape index (κ2) is 6.91. The maximum Gasteiger partial charge on any atom is 0.223 e. The Morgan fingerprint density at radius 3 is 3.05 bits per heavy atom. The van der Waals surface area contributed by atoms with E-state index in [0.29, 0.717) is 31.0 Å². The van der Waals surface area contributed by atoms with Gasteiger partial charge in [-0.15, -0.1) is 11.3 Å². The van der Waals surface area contributed by atoms with Gasteiger partial charge in [-0.3, -0.25) is 4.79 Å². The molecule has 0 aliphatic rings. The zero-order valence-electron chi connectivity index (χ0n) is 11.3. The van der Waals surface area contributed by atoms with Gasteiger partial charge in [0.25, 0.3) is 0 Å². The number of anilines is 1. The van der Waals surface area contributed by atoms with E-state index in [-0.39, 0.29) is 5.91 Å². The zero-order chi connectivity index (χ0) is 14.4. The normalized spacial score (nSPS) is 10.2. The summed E-state index contributed by atoms with van der Waals surface area (Å²) in [5.74, 6) is 0.620. The average Bonchev–Trinajstić information content (AvgIpc) is 2.82. The van der Waals surface area contributed by atoms with Gasteiger partial charge in [0.15, 0.2) is 0 Å². The van der Waals surface area contributed by atoms with Gasteiger partial charge in [0.2, 0.25) is 5.91 Å². The summed E-state index contributed by atoms with van der Waals surface area (Å²) in [5, 5.41) is 3.72. The Bertz CT molecular complexity index is 583. The predicted molar refractivity (Wildman–Crippen MR) is 79.7 cm³/mol. The van der Waals surface area contributed by atoms with Crippen molar-refractivity contribution in [2.24, 2.45) is 0 Å². The standard InChI is InChI=1S/C14H17N3O2S/c1-10-8-17-14(20-10)9-16-13(18)5-6-19-12-4-2-3-11(15)7-12/h2-4,7-8H,5-6,9,15H2,1H3,(H,16,18). The van der Waals surface area contributed by atoms with Gasteiger partial charge in [0.1, 0.15) is 10.8 Å². The first-order valence-electron chi connectivity index (χ1n) is 6.30. The maximum atomic E-state index is 11.6. The molecule has 1 amide bonds. The van der Waals surface area contributed by atoms with Crippen LogP contribution in [0.25, 0.3) is 0 Å². The summed E-state index contributed by atoms with van der Waals surface area (Å²) >= 11 is 1.58. The molecular formula is C14H17N3O2S. The lowest BCUT2D eigenvalue weighted by molar-refractivity contribution is -0.121. The van der Waals surface area contributed by atoms with Crippen LogP contribution in [-0.4, -0.2) is 17.5 Å². The van der Waals surface area contributed by atoms with E-state index < -0.39 is 0 Å². The third kappa shape index (κ3) is 4.55. The summed E-state index contributed by atoms with van der Waals surface area (Å²) in [7, 11) is 0. The highest BCUT2D eigenvalue weighted by atomic mass is 32.1. The minimum atomic E-state index is -0.0539. The van der Waals surface area contributed by atoms with Crippen molar-refractivity contribution in [3.8, 4) is 5.75 Å². The van der Waals surface area contributed by atoms with Crippen molar-refractivity contribution in [2.45, 2.75) is 19.9 Å². The monoisotopic (exact) mass is 291 g/mol. The van der Waals surface area contributed by atoms with Crippen LogP contribution in [0, 0.1) is 6.92 Å². The number of benzene rings is 1. The summed E-state index contributed by atoms with van der Waals surface area (Å²) in [6.07, 6.45) is 2.11. The third-order valence-electron chi connectivity index (χ3n) is 2.56. The van der Waals surface area contributed by atoms with Crippen molar-refractivity contribution in [1.29, 1.82) is 0 Å². The Hall–Kier alpha value is -2.08. The summed E-state index contributed by atoms with van der Waals surface area (Å²) in [5.41, 5.74) is 6.28. The smallest absolute Gasteiger partial charge is 0.223 e. The molecule has 0 aliphatic carbocycles. The molecule has 0 atom stereocenters. The van der Waals surface area contributed by atoms with E-state index in [1.807, 2.05) is 19.1 Å². The molecule has 0 saturated heterocycles. The van der Waals surface area contributed by atoms with E-state index in [0.717, 1.165) is 9.88 Å². The van der Waals surface area contributed by atoms with Crippen LogP contribution in [0.1, 0.15) is 16.3 Å². The topological polar surface area (TPSA) is 77.2 Å². The highest BCUT2D eigenvalue weighted by molar-refractivity contribution is 7.11. The average molecular weight is 291 g/mol. The number of nitrogens with one attached hydrogen (secondary N) is 1. The van der Waals surface area contributed by atoms with Crippen molar-refractivity contribution in [2.75, 3.05) is 12.3 Å². The molecule has 2 rings (SSSR count). The van der Waals surface area contributed by atoms with Crippen LogP contribution in [0.2, 0.25) is 0 Å². The fraction of sp³-hybridized carbons (Fsp3) is 0.286. The molecule has 20 heavy (non-hydrogen) atoms. The predicted octanol–water partition coefficient (Wildman–Crippen LogP) is 2.12. The van der Waals surface area contributed by atoms with E-state index in [4.69, 9.17) is 10.5 Å². The number of nitrogens with two attached hydrogens (primary N) is 1. The Balaban J connectivity index is 1.67. The summed E-state index contributed by atoms with van der Waals surface area (Å²) in [4.78, 5) is 17.0. The number of nitrogens with zero attached hydrogens (tertiary/aromatic N) is 1. The molecule has 1 aromatic heterocycles. The van der Waals surface area contributed by atoms with Crippen molar-refractivity contribution in [3.05, 3.63) is 40.3 Å². The quantitative estimate of drug-likeness (QED) is 0.799. The van der Waals surface area contributed by atoms with Crippen LogP contribution < -0.4 is 15.8 Å². The van der Waals surface area contributed by atoms with Crippen LogP contribution in [0.5, 0.6) is 5.75 Å². The number of amides is 1. The Morgan fingerprint density at radius 2 is 2.35 bits per heavy atom. The number of rotatable bonds is 6. The molecule has 0 fully saturated rings. The molecule has 0 bridgehead atoms. The maximum absolute atomic E-state index is 11.6. The number of hydrogen-bond acceptors (Lipinski definition) is 5. The molecule has 1 aromatic carbocycles. The minimum absolute atomic E-state index is 0.0539. The van der Waals surface area contributed by atoms with Gasteiger partial charge >= 0.3 is 0 Å². The van der Waals surface area contributed by atoms with Crippen molar-refractivity contribution in [1.82, 2.24) is 10.3 Å². The highest BCUT2D eigenvalue weighted by Gasteiger charge is 2.04. The number of carbonyl (C=O) groups is 1. The zero-order valence-corrected chi connectivity index (χ0v) is 12.1. The van der Waals surface area contributed by atoms with Crippen molar-refractivity contribution >= 4 is 22.9 Å². The Labute approximate surface area is 121 Å². The molecule has 0 saturated carbocycles. The minimum Gasteiger partial charge on any atom is -0.493 e. The molecule has 106 valence electrons. The Kier molecular flexibility index (Phi) is 4.95. The lowest BCUT2D eigenvalue weighted by atomic mass is 10.3. The van der Waals surface area contributed by atoms with E-state index >= 15 is 0 Å². The first-order chi connectivity index (χ1) is 9.63. The number of hydrogen-bond donors (Lipinski definition) is 2. The third-order valence-corrected chi connectivity index (χ3v) is 3.47. The van der Waals surface area contributed by atoms with Crippen LogP contribution in [0.4, 0.5) is 5.69 Å².